The Labute approximate surface area is 80.1 Å². The van der Waals surface area contributed by atoms with Gasteiger partial charge < -0.3 is 9.84 Å². The minimum Gasteiger partial charge on any atom is -0.495 e. The van der Waals surface area contributed by atoms with Crippen LogP contribution < -0.4 is 4.74 Å². The topological polar surface area (TPSA) is 59.4 Å². The number of ether oxygens (including phenoxy) is 1. The molecule has 0 unspecified atom stereocenters. The molecule has 0 radical (unpaired) electrons. The van der Waals surface area contributed by atoms with Gasteiger partial charge in [0.25, 0.3) is 0 Å². The van der Waals surface area contributed by atoms with Gasteiger partial charge in [-0.05, 0) is 6.92 Å². The summed E-state index contributed by atoms with van der Waals surface area (Å²) in [6.07, 6.45) is 0. The standard InChI is InChI=1S/C8H8ClNO3/c1-4-7(9)6(13-2)3-5(10-4)8(11)12/h3H,1-2H3,(H,11,12). The van der Waals surface area contributed by atoms with Crippen LogP contribution in [0.25, 0.3) is 0 Å². The first-order valence-corrected chi connectivity index (χ1v) is 3.88. The van der Waals surface area contributed by atoms with E-state index in [1.54, 1.807) is 6.92 Å². The lowest BCUT2D eigenvalue weighted by Crippen LogP contribution is -2.03. The lowest BCUT2D eigenvalue weighted by Gasteiger charge is -2.05. The molecule has 1 N–H and O–H groups in total. The molecule has 0 spiro atoms. The van der Waals surface area contributed by atoms with E-state index in [-0.39, 0.29) is 5.69 Å². The summed E-state index contributed by atoms with van der Waals surface area (Å²) in [4.78, 5) is 14.3. The second-order valence-corrected chi connectivity index (χ2v) is 2.79. The van der Waals surface area contributed by atoms with E-state index in [9.17, 15) is 4.79 Å². The average Bonchev–Trinajstić information content (AvgIpc) is 2.09. The van der Waals surface area contributed by atoms with Gasteiger partial charge in [0.2, 0.25) is 0 Å². The summed E-state index contributed by atoms with van der Waals surface area (Å²) in [6.45, 7) is 1.62. The third-order valence-electron chi connectivity index (χ3n) is 1.53. The molecule has 1 heterocycles. The highest BCUT2D eigenvalue weighted by Crippen LogP contribution is 2.26. The molecule has 0 aliphatic heterocycles. The largest absolute Gasteiger partial charge is 0.495 e. The predicted octanol–water partition coefficient (Wildman–Crippen LogP) is 1.75. The van der Waals surface area contributed by atoms with E-state index < -0.39 is 5.97 Å². The van der Waals surface area contributed by atoms with Gasteiger partial charge >= 0.3 is 5.97 Å². The molecule has 0 aliphatic rings. The third-order valence-corrected chi connectivity index (χ3v) is 1.99. The summed E-state index contributed by atoms with van der Waals surface area (Å²) in [5.74, 6) is -0.773. The normalized spacial score (nSPS) is 9.77. The number of hydrogen-bond acceptors (Lipinski definition) is 3. The Balaban J connectivity index is 3.30. The van der Waals surface area contributed by atoms with Gasteiger partial charge in [0.15, 0.2) is 5.69 Å². The van der Waals surface area contributed by atoms with Crippen LogP contribution in [0.2, 0.25) is 5.02 Å². The van der Waals surface area contributed by atoms with Crippen molar-refractivity contribution in [2.24, 2.45) is 0 Å². The van der Waals surface area contributed by atoms with E-state index >= 15 is 0 Å². The van der Waals surface area contributed by atoms with Crippen molar-refractivity contribution in [1.82, 2.24) is 4.98 Å². The maximum atomic E-state index is 10.6. The highest BCUT2D eigenvalue weighted by Gasteiger charge is 2.12. The minimum absolute atomic E-state index is 0.0706. The maximum Gasteiger partial charge on any atom is 0.354 e. The van der Waals surface area contributed by atoms with Crippen LogP contribution >= 0.6 is 11.6 Å². The molecule has 0 amide bonds. The van der Waals surface area contributed by atoms with Gasteiger partial charge in [0, 0.05) is 6.07 Å². The fourth-order valence-electron chi connectivity index (χ4n) is 0.886. The molecular formula is C8H8ClNO3. The fourth-order valence-corrected chi connectivity index (χ4v) is 1.06. The van der Waals surface area contributed by atoms with Crippen molar-refractivity contribution in [3.63, 3.8) is 0 Å². The van der Waals surface area contributed by atoms with Crippen LogP contribution in [0.5, 0.6) is 5.75 Å². The van der Waals surface area contributed by atoms with Crippen molar-refractivity contribution in [3.05, 3.63) is 22.5 Å². The molecule has 1 aromatic heterocycles. The van der Waals surface area contributed by atoms with Crippen LogP contribution in [0, 0.1) is 6.92 Å². The van der Waals surface area contributed by atoms with Crippen LogP contribution in [0.3, 0.4) is 0 Å². The number of carbonyl (C=O) groups is 1. The second-order valence-electron chi connectivity index (χ2n) is 2.41. The van der Waals surface area contributed by atoms with Crippen LogP contribution in [0.15, 0.2) is 6.07 Å². The number of aromatic nitrogens is 1. The summed E-state index contributed by atoms with van der Waals surface area (Å²) >= 11 is 5.79. The Hall–Kier alpha value is -1.29. The Bertz CT molecular complexity index is 351. The Morgan fingerprint density at radius 1 is 1.69 bits per heavy atom. The fraction of sp³-hybridized carbons (Fsp3) is 0.250. The zero-order chi connectivity index (χ0) is 10.0. The SMILES string of the molecule is COc1cc(C(=O)O)nc(C)c1Cl. The number of halogens is 1. The number of nitrogens with zero attached hydrogens (tertiary/aromatic N) is 1. The van der Waals surface area contributed by atoms with Gasteiger partial charge in [-0.1, -0.05) is 11.6 Å². The van der Waals surface area contributed by atoms with Crippen molar-refractivity contribution < 1.29 is 14.6 Å². The molecule has 70 valence electrons. The zero-order valence-electron chi connectivity index (χ0n) is 7.17. The molecule has 1 aromatic rings. The van der Waals surface area contributed by atoms with Gasteiger partial charge in [-0.3, -0.25) is 0 Å². The van der Waals surface area contributed by atoms with Crippen LogP contribution in [0.1, 0.15) is 16.2 Å². The van der Waals surface area contributed by atoms with E-state index in [1.165, 1.54) is 13.2 Å². The van der Waals surface area contributed by atoms with Crippen molar-refractivity contribution >= 4 is 17.6 Å². The molecule has 0 saturated heterocycles. The molecule has 0 atom stereocenters. The number of pyridine rings is 1. The number of aryl methyl sites for hydroxylation is 1. The molecule has 0 saturated carbocycles. The summed E-state index contributed by atoms with van der Waals surface area (Å²) < 4.78 is 4.88. The first-order valence-electron chi connectivity index (χ1n) is 3.50. The number of aromatic carboxylic acids is 1. The lowest BCUT2D eigenvalue weighted by atomic mass is 10.3. The van der Waals surface area contributed by atoms with Crippen LogP contribution in [-0.2, 0) is 0 Å². The van der Waals surface area contributed by atoms with Gasteiger partial charge in [0.05, 0.1) is 12.8 Å². The number of carboxylic acids is 1. The van der Waals surface area contributed by atoms with Crippen molar-refractivity contribution in [3.8, 4) is 5.75 Å². The number of hydrogen-bond donors (Lipinski definition) is 1. The Morgan fingerprint density at radius 2 is 2.31 bits per heavy atom. The summed E-state index contributed by atoms with van der Waals surface area (Å²) in [5, 5.41) is 9.00. The highest BCUT2D eigenvalue weighted by molar-refractivity contribution is 6.32. The summed E-state index contributed by atoms with van der Waals surface area (Å²) in [7, 11) is 1.42. The average molecular weight is 202 g/mol. The second kappa shape index (κ2) is 3.62. The quantitative estimate of drug-likeness (QED) is 0.792. The van der Waals surface area contributed by atoms with Gasteiger partial charge in [0.1, 0.15) is 10.8 Å². The number of rotatable bonds is 2. The summed E-state index contributed by atoms with van der Waals surface area (Å²) in [6, 6.07) is 1.29. The molecule has 5 heteroatoms. The zero-order valence-corrected chi connectivity index (χ0v) is 7.92. The highest BCUT2D eigenvalue weighted by atomic mass is 35.5. The smallest absolute Gasteiger partial charge is 0.354 e. The first kappa shape index (κ1) is 9.80. The van der Waals surface area contributed by atoms with Crippen LogP contribution in [-0.4, -0.2) is 23.2 Å². The minimum atomic E-state index is -1.10. The van der Waals surface area contributed by atoms with Crippen molar-refractivity contribution in [2.45, 2.75) is 6.92 Å². The van der Waals surface area contributed by atoms with E-state index in [0.29, 0.717) is 16.5 Å². The molecule has 0 aliphatic carbocycles. The summed E-state index contributed by atoms with van der Waals surface area (Å²) in [5.41, 5.74) is 0.372. The number of methoxy groups -OCH3 is 1. The molecule has 1 rings (SSSR count). The van der Waals surface area contributed by atoms with E-state index in [0.717, 1.165) is 0 Å². The van der Waals surface area contributed by atoms with Crippen molar-refractivity contribution in [2.75, 3.05) is 7.11 Å². The number of carboxylic acid groups (broad SMARTS) is 1. The molecule has 0 aromatic carbocycles. The molecular weight excluding hydrogens is 194 g/mol. The maximum absolute atomic E-state index is 10.6. The Kier molecular flexibility index (Phi) is 2.72. The monoisotopic (exact) mass is 201 g/mol. The molecule has 0 bridgehead atoms. The van der Waals surface area contributed by atoms with E-state index in [4.69, 9.17) is 21.4 Å². The van der Waals surface area contributed by atoms with E-state index in [2.05, 4.69) is 4.98 Å². The molecule has 4 nitrogen and oxygen atoms in total. The predicted molar refractivity (Wildman–Crippen MR) is 47.5 cm³/mol. The van der Waals surface area contributed by atoms with Crippen LogP contribution in [0.4, 0.5) is 0 Å². The lowest BCUT2D eigenvalue weighted by molar-refractivity contribution is 0.0690. The Morgan fingerprint density at radius 3 is 2.77 bits per heavy atom. The van der Waals surface area contributed by atoms with E-state index in [1.807, 2.05) is 0 Å². The van der Waals surface area contributed by atoms with Crippen molar-refractivity contribution in [1.29, 1.82) is 0 Å². The third kappa shape index (κ3) is 1.89. The van der Waals surface area contributed by atoms with Gasteiger partial charge in [-0.2, -0.15) is 0 Å². The molecule has 13 heavy (non-hydrogen) atoms. The van der Waals surface area contributed by atoms with Gasteiger partial charge in [-0.15, -0.1) is 0 Å². The molecule has 0 fully saturated rings. The first-order chi connectivity index (χ1) is 6.06. The van der Waals surface area contributed by atoms with Gasteiger partial charge in [-0.25, -0.2) is 9.78 Å².